The molecule has 0 unspecified atom stereocenters. The maximum absolute atomic E-state index is 12.7. The second-order valence-electron chi connectivity index (χ2n) is 7.37. The lowest BCUT2D eigenvalue weighted by Gasteiger charge is -2.37. The lowest BCUT2D eigenvalue weighted by atomic mass is 9.93. The molecule has 0 bridgehead atoms. The summed E-state index contributed by atoms with van der Waals surface area (Å²) >= 11 is 0. The Labute approximate surface area is 177 Å². The third-order valence-electron chi connectivity index (χ3n) is 5.20. The second-order valence-corrected chi connectivity index (χ2v) is 7.37. The van der Waals surface area contributed by atoms with Crippen LogP contribution >= 0.6 is 0 Å². The monoisotopic (exact) mass is 436 g/mol. The fraction of sp³-hybridized carbons (Fsp3) is 0.364. The second kappa shape index (κ2) is 9.28. The van der Waals surface area contributed by atoms with E-state index in [1.54, 1.807) is 36.3 Å². The molecule has 2 aromatic carbocycles. The number of nitrogens with zero attached hydrogens (tertiary/aromatic N) is 1. The number of likely N-dealkylation sites (tertiary alicyclic amines) is 1. The summed E-state index contributed by atoms with van der Waals surface area (Å²) in [5.74, 6) is -0.751. The Hall–Kier alpha value is -3.23. The number of amides is 2. The number of benzene rings is 2. The molecule has 9 heteroatoms. The molecule has 0 aliphatic carbocycles. The number of para-hydroxylation sites is 1. The van der Waals surface area contributed by atoms with Crippen molar-refractivity contribution in [3.63, 3.8) is 0 Å². The molecule has 2 aromatic rings. The molecule has 2 atom stereocenters. The summed E-state index contributed by atoms with van der Waals surface area (Å²) in [6, 6.07) is 11.7. The highest BCUT2D eigenvalue weighted by Gasteiger charge is 2.34. The minimum atomic E-state index is -4.89. The van der Waals surface area contributed by atoms with Gasteiger partial charge in [-0.2, -0.15) is 0 Å². The van der Waals surface area contributed by atoms with E-state index in [-0.39, 0.29) is 23.4 Å². The zero-order valence-electron chi connectivity index (χ0n) is 17.1. The predicted molar refractivity (Wildman–Crippen MR) is 107 cm³/mol. The van der Waals surface area contributed by atoms with E-state index in [1.165, 1.54) is 18.2 Å². The van der Waals surface area contributed by atoms with E-state index < -0.39 is 18.0 Å². The first-order valence-electron chi connectivity index (χ1n) is 9.77. The van der Waals surface area contributed by atoms with Crippen molar-refractivity contribution in [2.45, 2.75) is 25.7 Å². The largest absolute Gasteiger partial charge is 0.573 e. The number of alkyl halides is 3. The van der Waals surface area contributed by atoms with Gasteiger partial charge in [-0.25, -0.2) is 0 Å². The van der Waals surface area contributed by atoms with Crippen LogP contribution in [0.4, 0.5) is 13.2 Å². The zero-order chi connectivity index (χ0) is 22.6. The fourth-order valence-corrected chi connectivity index (χ4v) is 3.57. The van der Waals surface area contributed by atoms with Crippen LogP contribution in [0.2, 0.25) is 0 Å². The summed E-state index contributed by atoms with van der Waals surface area (Å²) in [5.41, 5.74) is 0.345. The van der Waals surface area contributed by atoms with Crippen LogP contribution < -0.4 is 14.8 Å². The van der Waals surface area contributed by atoms with Crippen LogP contribution in [0, 0.1) is 5.92 Å². The molecule has 2 amide bonds. The highest BCUT2D eigenvalue weighted by atomic mass is 19.4. The lowest BCUT2D eigenvalue weighted by molar-refractivity contribution is -0.274. The van der Waals surface area contributed by atoms with Gasteiger partial charge in [-0.1, -0.05) is 19.1 Å². The van der Waals surface area contributed by atoms with Crippen molar-refractivity contribution >= 4 is 11.8 Å². The number of hydrogen-bond acceptors (Lipinski definition) is 4. The number of nitrogens with one attached hydrogen (secondary N) is 1. The third kappa shape index (κ3) is 5.68. The number of carbonyl (C=O) groups excluding carboxylic acids is 2. The number of halogens is 3. The number of ether oxygens (including phenoxy) is 2. The van der Waals surface area contributed by atoms with Gasteiger partial charge in [0.2, 0.25) is 0 Å². The first-order valence-corrected chi connectivity index (χ1v) is 9.77. The Kier molecular flexibility index (Phi) is 6.72. The molecule has 1 aliphatic rings. The van der Waals surface area contributed by atoms with Crippen molar-refractivity contribution in [2.75, 3.05) is 20.2 Å². The molecule has 31 heavy (non-hydrogen) atoms. The molecule has 1 heterocycles. The van der Waals surface area contributed by atoms with Crippen LogP contribution in [-0.4, -0.2) is 49.3 Å². The first kappa shape index (κ1) is 22.5. The van der Waals surface area contributed by atoms with E-state index in [0.717, 1.165) is 6.07 Å². The maximum Gasteiger partial charge on any atom is 0.573 e. The number of hydrogen-bond donors (Lipinski definition) is 1. The van der Waals surface area contributed by atoms with Gasteiger partial charge in [0.25, 0.3) is 11.8 Å². The predicted octanol–water partition coefficient (Wildman–Crippen LogP) is 3.87. The van der Waals surface area contributed by atoms with Crippen LogP contribution in [0.15, 0.2) is 48.5 Å². The van der Waals surface area contributed by atoms with Crippen LogP contribution in [0.3, 0.4) is 0 Å². The Bertz CT molecular complexity index is 931. The van der Waals surface area contributed by atoms with Crippen LogP contribution in [-0.2, 0) is 0 Å². The molecule has 0 radical (unpaired) electrons. The molecule has 166 valence electrons. The van der Waals surface area contributed by atoms with Crippen molar-refractivity contribution in [1.82, 2.24) is 10.2 Å². The molecule has 3 rings (SSSR count). The smallest absolute Gasteiger partial charge is 0.497 e. The van der Waals surface area contributed by atoms with Gasteiger partial charge in [-0.05, 0) is 48.7 Å². The molecule has 0 aromatic heterocycles. The Morgan fingerprint density at radius 1 is 1.10 bits per heavy atom. The van der Waals surface area contributed by atoms with Crippen LogP contribution in [0.25, 0.3) is 0 Å². The average Bonchev–Trinajstić information content (AvgIpc) is 2.74. The summed E-state index contributed by atoms with van der Waals surface area (Å²) < 4.78 is 46.9. The van der Waals surface area contributed by atoms with Crippen LogP contribution in [0.5, 0.6) is 11.5 Å². The molecule has 1 aliphatic heterocycles. The maximum atomic E-state index is 12.7. The van der Waals surface area contributed by atoms with Crippen molar-refractivity contribution in [2.24, 2.45) is 5.92 Å². The third-order valence-corrected chi connectivity index (χ3v) is 5.20. The Morgan fingerprint density at radius 2 is 1.77 bits per heavy atom. The molecular weight excluding hydrogens is 413 g/mol. The highest BCUT2D eigenvalue weighted by molar-refractivity contribution is 5.97. The normalized spacial score (nSPS) is 18.9. The van der Waals surface area contributed by atoms with Crippen molar-refractivity contribution in [3.8, 4) is 11.5 Å². The van der Waals surface area contributed by atoms with Crippen LogP contribution in [0.1, 0.15) is 34.1 Å². The number of methoxy groups -OCH3 is 1. The zero-order valence-corrected chi connectivity index (χ0v) is 17.1. The van der Waals surface area contributed by atoms with Crippen molar-refractivity contribution in [3.05, 3.63) is 59.7 Å². The van der Waals surface area contributed by atoms with Gasteiger partial charge in [0.1, 0.15) is 11.5 Å². The van der Waals surface area contributed by atoms with E-state index >= 15 is 0 Å². The minimum absolute atomic E-state index is 0.0874. The van der Waals surface area contributed by atoms with Gasteiger partial charge in [0.05, 0.1) is 12.7 Å². The van der Waals surface area contributed by atoms with Crippen molar-refractivity contribution < 1.29 is 32.2 Å². The molecule has 0 spiro atoms. The van der Waals surface area contributed by atoms with E-state index in [9.17, 15) is 22.8 Å². The van der Waals surface area contributed by atoms with Gasteiger partial charge in [-0.3, -0.25) is 9.59 Å². The van der Waals surface area contributed by atoms with E-state index in [1.807, 2.05) is 6.92 Å². The lowest BCUT2D eigenvalue weighted by Crippen LogP contribution is -2.51. The summed E-state index contributed by atoms with van der Waals surface area (Å²) in [6.45, 7) is 2.72. The molecule has 1 fully saturated rings. The summed E-state index contributed by atoms with van der Waals surface area (Å²) in [6.07, 6.45) is -4.41. The number of rotatable bonds is 5. The standard InChI is InChI=1S/C22H23F3N2O4/c1-14-13-27(21(29)15-7-9-16(30-2)10-8-15)12-11-18(14)26-20(28)17-5-3-4-6-19(17)31-22(23,24)25/h3-10,14,18H,11-13H2,1-2H3,(H,26,28)/t14-,18+/m0/s1. The van der Waals surface area contributed by atoms with Gasteiger partial charge in [-0.15, -0.1) is 13.2 Å². The fourth-order valence-electron chi connectivity index (χ4n) is 3.57. The van der Waals surface area contributed by atoms with E-state index in [0.29, 0.717) is 30.8 Å². The SMILES string of the molecule is COc1ccc(C(=O)N2CC[C@@H](NC(=O)c3ccccc3OC(F)(F)F)[C@@H](C)C2)cc1. The topological polar surface area (TPSA) is 67.9 Å². The van der Waals surface area contributed by atoms with Gasteiger partial charge in [0, 0.05) is 24.7 Å². The Morgan fingerprint density at radius 3 is 2.39 bits per heavy atom. The summed E-state index contributed by atoms with van der Waals surface area (Å²) in [4.78, 5) is 27.1. The molecule has 1 N–H and O–H groups in total. The van der Waals surface area contributed by atoms with Crippen molar-refractivity contribution in [1.29, 1.82) is 0 Å². The first-order chi connectivity index (χ1) is 14.7. The van der Waals surface area contributed by atoms with E-state index in [4.69, 9.17) is 4.74 Å². The molecule has 6 nitrogen and oxygen atoms in total. The van der Waals surface area contributed by atoms with Gasteiger partial charge < -0.3 is 19.7 Å². The molecular formula is C22H23F3N2O4. The van der Waals surface area contributed by atoms with Gasteiger partial charge in [0.15, 0.2) is 0 Å². The summed E-state index contributed by atoms with van der Waals surface area (Å²) in [7, 11) is 1.55. The average molecular weight is 436 g/mol. The summed E-state index contributed by atoms with van der Waals surface area (Å²) in [5, 5.41) is 2.78. The minimum Gasteiger partial charge on any atom is -0.497 e. The Balaban J connectivity index is 1.63. The number of piperidine rings is 1. The molecule has 0 saturated carbocycles. The van der Waals surface area contributed by atoms with E-state index in [2.05, 4.69) is 10.1 Å². The molecule has 1 saturated heterocycles. The number of carbonyl (C=O) groups is 2. The highest BCUT2D eigenvalue weighted by Crippen LogP contribution is 2.27. The van der Waals surface area contributed by atoms with Gasteiger partial charge >= 0.3 is 6.36 Å². The quantitative estimate of drug-likeness (QED) is 0.773.